The highest BCUT2D eigenvalue weighted by Crippen LogP contribution is 2.53. The largest absolute Gasteiger partial charge is 0.465 e. The van der Waals surface area contributed by atoms with Crippen molar-refractivity contribution in [3.05, 3.63) is 0 Å². The predicted octanol–water partition coefficient (Wildman–Crippen LogP) is 3.85. The topological polar surface area (TPSA) is 65.0 Å². The lowest BCUT2D eigenvalue weighted by Crippen LogP contribution is -2.61. The summed E-state index contributed by atoms with van der Waals surface area (Å²) in [6, 6.07) is 0. The van der Waals surface area contributed by atoms with Gasteiger partial charge < -0.3 is 4.74 Å². The first kappa shape index (κ1) is 23.1. The van der Waals surface area contributed by atoms with Crippen LogP contribution in [-0.4, -0.2) is 47.0 Å². The molecule has 0 aromatic carbocycles. The maximum Gasteiger partial charge on any atom is 0.460 e. The molecule has 15 heteroatoms. The molecule has 0 bridgehead atoms. The second kappa shape index (κ2) is 7.97. The van der Waals surface area contributed by atoms with E-state index in [1.807, 2.05) is 0 Å². The molecule has 0 aliphatic carbocycles. The van der Waals surface area contributed by atoms with Gasteiger partial charge in [-0.1, -0.05) is 5.04 Å². The minimum Gasteiger partial charge on any atom is -0.465 e. The molecule has 0 aliphatic heterocycles. The number of rotatable bonds is 9. The molecular formula is C9H9F9O5S. The number of halogens is 9. The summed E-state index contributed by atoms with van der Waals surface area (Å²) >= 11 is 0.104. The third-order valence-electron chi connectivity index (χ3n) is 2.42. The summed E-state index contributed by atoms with van der Waals surface area (Å²) in [6.45, 7) is -0.559. The molecule has 0 aromatic rings. The van der Waals surface area contributed by atoms with E-state index in [4.69, 9.17) is 5.26 Å². The number of hydrogen-bond donors (Lipinski definition) is 1. The third kappa shape index (κ3) is 5.03. The van der Waals surface area contributed by atoms with Gasteiger partial charge in [0.15, 0.2) is 0 Å². The number of carbonyl (C=O) groups is 1. The van der Waals surface area contributed by atoms with Gasteiger partial charge in [-0.05, 0) is 6.92 Å². The summed E-state index contributed by atoms with van der Waals surface area (Å²) in [4.78, 5) is 11.1. The number of hydrogen-bond acceptors (Lipinski definition) is 6. The van der Waals surface area contributed by atoms with Gasteiger partial charge in [0.25, 0.3) is 0 Å². The fourth-order valence-corrected chi connectivity index (χ4v) is 1.38. The molecule has 0 saturated heterocycles. The van der Waals surface area contributed by atoms with Crippen molar-refractivity contribution in [2.75, 3.05) is 6.61 Å². The van der Waals surface area contributed by atoms with Crippen LogP contribution in [-0.2, 0) is 18.9 Å². The Hall–Kier alpha value is -0.930. The Balaban J connectivity index is 4.83. The van der Waals surface area contributed by atoms with Gasteiger partial charge in [0.2, 0.25) is 0 Å². The Bertz CT molecular complexity index is 428. The van der Waals surface area contributed by atoms with E-state index in [0.717, 1.165) is 6.92 Å². The first-order valence-electron chi connectivity index (χ1n) is 5.62. The number of alkyl halides is 9. The van der Waals surface area contributed by atoms with Crippen molar-refractivity contribution in [2.45, 2.75) is 42.5 Å². The molecule has 0 saturated carbocycles. The second-order valence-corrected chi connectivity index (χ2v) is 5.19. The van der Waals surface area contributed by atoms with Crippen LogP contribution >= 0.6 is 12.0 Å². The summed E-state index contributed by atoms with van der Waals surface area (Å²) in [5.74, 6) is -21.0. The van der Waals surface area contributed by atoms with E-state index in [1.54, 1.807) is 0 Å². The zero-order valence-corrected chi connectivity index (χ0v) is 12.2. The zero-order valence-electron chi connectivity index (χ0n) is 11.4. The van der Waals surface area contributed by atoms with Gasteiger partial charge in [-0.2, -0.15) is 39.5 Å². The molecular weight excluding hydrogens is 391 g/mol. The molecule has 0 aromatic heterocycles. The summed E-state index contributed by atoms with van der Waals surface area (Å²) in [5, 5.41) is 9.52. The smallest absolute Gasteiger partial charge is 0.460 e. The van der Waals surface area contributed by atoms with Crippen LogP contribution in [0.15, 0.2) is 0 Å². The molecule has 0 heterocycles. The Morgan fingerprint density at radius 2 is 1.54 bits per heavy atom. The summed E-state index contributed by atoms with van der Waals surface area (Å²) in [6.07, 6.45) is -9.21. The lowest BCUT2D eigenvalue weighted by atomic mass is 10.0. The van der Waals surface area contributed by atoms with Crippen molar-refractivity contribution in [1.82, 2.24) is 0 Å². The van der Waals surface area contributed by atoms with Crippen LogP contribution in [0.3, 0.4) is 0 Å². The Kier molecular flexibility index (Phi) is 7.66. The van der Waals surface area contributed by atoms with Gasteiger partial charge in [0.1, 0.15) is 5.25 Å². The maximum atomic E-state index is 13.1. The van der Waals surface area contributed by atoms with Gasteiger partial charge >= 0.3 is 29.9 Å². The van der Waals surface area contributed by atoms with Crippen molar-refractivity contribution < 1.29 is 63.7 Å². The molecule has 0 aliphatic rings. The van der Waals surface area contributed by atoms with E-state index in [9.17, 15) is 44.3 Å². The standard InChI is InChI=1S/C9H9F9O5S/c1-4(24-23-22-20)5(19)21-3-2-6(10,11)7(12,13)8(14,15)9(16,17)18/h4,20H,2-3H2,1H3. The fourth-order valence-electron chi connectivity index (χ4n) is 1.08. The SMILES string of the molecule is CC(SOOO)C(=O)OCCC(F)(F)C(F)(F)C(F)(F)C(F)(F)F. The predicted molar refractivity (Wildman–Crippen MR) is 58.3 cm³/mol. The summed E-state index contributed by atoms with van der Waals surface area (Å²) in [7, 11) is 0. The molecule has 0 rings (SSSR count). The van der Waals surface area contributed by atoms with Gasteiger partial charge in [0, 0.05) is 12.0 Å². The van der Waals surface area contributed by atoms with E-state index >= 15 is 0 Å². The van der Waals surface area contributed by atoms with Gasteiger partial charge in [-0.15, -0.1) is 4.33 Å². The van der Waals surface area contributed by atoms with E-state index < -0.39 is 48.2 Å². The Morgan fingerprint density at radius 1 is 1.04 bits per heavy atom. The van der Waals surface area contributed by atoms with Gasteiger partial charge in [-0.3, -0.25) is 4.79 Å². The number of esters is 1. The first-order chi connectivity index (χ1) is 10.6. The molecule has 0 amide bonds. The molecule has 0 fully saturated rings. The zero-order chi connectivity index (χ0) is 19.4. The molecule has 0 spiro atoms. The maximum absolute atomic E-state index is 13.1. The van der Waals surface area contributed by atoms with Crippen molar-refractivity contribution in [1.29, 1.82) is 0 Å². The van der Waals surface area contributed by atoms with E-state index in [0.29, 0.717) is 0 Å². The molecule has 144 valence electrons. The number of carbonyl (C=O) groups excluding carboxylic acids is 1. The summed E-state index contributed by atoms with van der Waals surface area (Å²) in [5.41, 5.74) is 0. The molecule has 1 N–H and O–H groups in total. The lowest BCUT2D eigenvalue weighted by Gasteiger charge is -2.33. The Morgan fingerprint density at radius 3 is 1.96 bits per heavy atom. The molecule has 1 atom stereocenters. The minimum atomic E-state index is -7.00. The quantitative estimate of drug-likeness (QED) is 0.209. The normalized spacial score (nSPS) is 15.3. The van der Waals surface area contributed by atoms with Crippen LogP contribution in [0.5, 0.6) is 0 Å². The minimum absolute atomic E-state index is 0.104. The first-order valence-corrected chi connectivity index (χ1v) is 6.42. The highest BCUT2D eigenvalue weighted by molar-refractivity contribution is 7.95. The Labute approximate surface area is 132 Å². The average molecular weight is 400 g/mol. The molecule has 5 nitrogen and oxygen atoms in total. The third-order valence-corrected chi connectivity index (χ3v) is 3.04. The van der Waals surface area contributed by atoms with Gasteiger partial charge in [-0.25, -0.2) is 5.26 Å². The van der Waals surface area contributed by atoms with Crippen molar-refractivity contribution in [3.8, 4) is 0 Å². The van der Waals surface area contributed by atoms with E-state index in [-0.39, 0.29) is 12.0 Å². The second-order valence-electron chi connectivity index (χ2n) is 4.15. The van der Waals surface area contributed by atoms with Crippen molar-refractivity contribution >= 4 is 18.0 Å². The highest BCUT2D eigenvalue weighted by Gasteiger charge is 2.81. The van der Waals surface area contributed by atoms with Crippen molar-refractivity contribution in [3.63, 3.8) is 0 Å². The van der Waals surface area contributed by atoms with Crippen LogP contribution < -0.4 is 0 Å². The van der Waals surface area contributed by atoms with Crippen molar-refractivity contribution in [2.24, 2.45) is 0 Å². The average Bonchev–Trinajstić information content (AvgIpc) is 2.42. The summed E-state index contributed by atoms with van der Waals surface area (Å²) < 4.78 is 120. The van der Waals surface area contributed by atoms with Crippen LogP contribution in [0.1, 0.15) is 13.3 Å². The lowest BCUT2D eigenvalue weighted by molar-refractivity contribution is -0.432. The van der Waals surface area contributed by atoms with Crippen LogP contribution in [0.4, 0.5) is 39.5 Å². The van der Waals surface area contributed by atoms with E-state index in [1.165, 1.54) is 0 Å². The highest BCUT2D eigenvalue weighted by atomic mass is 32.2. The molecule has 0 radical (unpaired) electrons. The molecule has 24 heavy (non-hydrogen) atoms. The van der Waals surface area contributed by atoms with Gasteiger partial charge in [0.05, 0.1) is 13.0 Å². The van der Waals surface area contributed by atoms with E-state index in [2.05, 4.69) is 14.1 Å². The van der Waals surface area contributed by atoms with Crippen LogP contribution in [0, 0.1) is 0 Å². The van der Waals surface area contributed by atoms with Crippen LogP contribution in [0.25, 0.3) is 0 Å². The van der Waals surface area contributed by atoms with Crippen LogP contribution in [0.2, 0.25) is 0 Å². The fraction of sp³-hybridized carbons (Fsp3) is 0.889. The monoisotopic (exact) mass is 400 g/mol. The molecule has 1 unspecified atom stereocenters. The number of ether oxygens (including phenoxy) is 1.